The Morgan fingerprint density at radius 2 is 1.41 bits per heavy atom. The van der Waals surface area contributed by atoms with E-state index in [9.17, 15) is 4.57 Å². The van der Waals surface area contributed by atoms with Gasteiger partial charge < -0.3 is 14.4 Å². The van der Waals surface area contributed by atoms with E-state index in [-0.39, 0.29) is 0 Å². The maximum absolute atomic E-state index is 13.6. The summed E-state index contributed by atoms with van der Waals surface area (Å²) in [5.74, 6) is 0. The molecule has 22 heavy (non-hydrogen) atoms. The summed E-state index contributed by atoms with van der Waals surface area (Å²) in [6.45, 7) is 8.40. The molecule has 0 bridgehead atoms. The molecule has 0 saturated heterocycles. The third-order valence-electron chi connectivity index (χ3n) is 4.46. The predicted octanol–water partition coefficient (Wildman–Crippen LogP) is 5.47. The fourth-order valence-electron chi connectivity index (χ4n) is 2.95. The van der Waals surface area contributed by atoms with Crippen LogP contribution in [0.3, 0.4) is 0 Å². The molecule has 0 atom stereocenters. The molecule has 0 aliphatic heterocycles. The first-order valence-electron chi connectivity index (χ1n) is 9.28. The lowest BCUT2D eigenvalue weighted by Gasteiger charge is -2.37. The monoisotopic (exact) mass is 333 g/mol. The highest BCUT2D eigenvalue weighted by Crippen LogP contribution is 2.64. The minimum absolute atomic E-state index is 0.441. The molecule has 1 fully saturated rings. The molecule has 0 radical (unpaired) electrons. The minimum atomic E-state index is -3.11. The number of nitrogens with one attached hydrogen (secondary N) is 1. The molecular formula is C17H36NO3P. The zero-order chi connectivity index (χ0) is 16.3. The Hall–Kier alpha value is 0.110. The van der Waals surface area contributed by atoms with Crippen LogP contribution < -0.4 is 5.32 Å². The van der Waals surface area contributed by atoms with Gasteiger partial charge in [0.25, 0.3) is 0 Å². The molecule has 132 valence electrons. The lowest BCUT2D eigenvalue weighted by atomic mass is 10.2. The molecule has 0 amide bonds. The van der Waals surface area contributed by atoms with E-state index in [1.54, 1.807) is 0 Å². The summed E-state index contributed by atoms with van der Waals surface area (Å²) in [4.78, 5) is 0. The highest BCUT2D eigenvalue weighted by molar-refractivity contribution is 7.55. The van der Waals surface area contributed by atoms with Gasteiger partial charge in [-0.2, -0.15) is 0 Å². The van der Waals surface area contributed by atoms with E-state index in [4.69, 9.17) is 9.05 Å². The highest BCUT2D eigenvalue weighted by atomic mass is 31.2. The maximum atomic E-state index is 13.6. The van der Waals surface area contributed by atoms with E-state index in [1.807, 2.05) is 0 Å². The molecule has 1 saturated carbocycles. The van der Waals surface area contributed by atoms with Crippen molar-refractivity contribution in [2.75, 3.05) is 19.8 Å². The van der Waals surface area contributed by atoms with Crippen LogP contribution in [0.2, 0.25) is 0 Å². The summed E-state index contributed by atoms with van der Waals surface area (Å²) in [7, 11) is -3.11. The Morgan fingerprint density at radius 1 is 0.909 bits per heavy atom. The SMILES string of the molecule is CCCCNC1(P(=O)(OCCCC)OCCCC)CCCC1. The average Bonchev–Trinajstić information content (AvgIpc) is 2.99. The van der Waals surface area contributed by atoms with Crippen LogP contribution in [0.5, 0.6) is 0 Å². The number of hydrogen-bond acceptors (Lipinski definition) is 4. The van der Waals surface area contributed by atoms with Crippen LogP contribution in [0.1, 0.15) is 85.0 Å². The molecule has 0 aromatic heterocycles. The van der Waals surface area contributed by atoms with Crippen LogP contribution >= 0.6 is 7.60 Å². The van der Waals surface area contributed by atoms with E-state index in [2.05, 4.69) is 26.1 Å². The van der Waals surface area contributed by atoms with Crippen molar-refractivity contribution in [3.05, 3.63) is 0 Å². The van der Waals surface area contributed by atoms with Crippen molar-refractivity contribution in [3.8, 4) is 0 Å². The van der Waals surface area contributed by atoms with Gasteiger partial charge in [-0.3, -0.25) is 4.57 Å². The molecular weight excluding hydrogens is 297 g/mol. The van der Waals surface area contributed by atoms with Gasteiger partial charge in [-0.15, -0.1) is 0 Å². The summed E-state index contributed by atoms with van der Waals surface area (Å²) < 4.78 is 25.4. The van der Waals surface area contributed by atoms with Gasteiger partial charge in [0.15, 0.2) is 0 Å². The average molecular weight is 333 g/mol. The molecule has 1 rings (SSSR count). The van der Waals surface area contributed by atoms with Crippen molar-refractivity contribution in [1.29, 1.82) is 0 Å². The van der Waals surface area contributed by atoms with Crippen LogP contribution in [0.4, 0.5) is 0 Å². The maximum Gasteiger partial charge on any atom is 0.350 e. The van der Waals surface area contributed by atoms with Crippen molar-refractivity contribution in [3.63, 3.8) is 0 Å². The smallest absolute Gasteiger partial charge is 0.307 e. The van der Waals surface area contributed by atoms with E-state index in [0.29, 0.717) is 13.2 Å². The van der Waals surface area contributed by atoms with Gasteiger partial charge in [0.1, 0.15) is 5.28 Å². The number of rotatable bonds is 13. The van der Waals surface area contributed by atoms with Gasteiger partial charge in [-0.1, -0.05) is 52.9 Å². The van der Waals surface area contributed by atoms with Gasteiger partial charge >= 0.3 is 7.60 Å². The lowest BCUT2D eigenvalue weighted by molar-refractivity contribution is 0.169. The van der Waals surface area contributed by atoms with E-state index >= 15 is 0 Å². The van der Waals surface area contributed by atoms with Gasteiger partial charge in [0.2, 0.25) is 0 Å². The van der Waals surface area contributed by atoms with Crippen molar-refractivity contribution in [2.45, 2.75) is 90.3 Å². The normalized spacial score (nSPS) is 18.0. The first-order chi connectivity index (χ1) is 10.6. The zero-order valence-corrected chi connectivity index (χ0v) is 15.8. The van der Waals surface area contributed by atoms with Crippen molar-refractivity contribution in [2.24, 2.45) is 0 Å². The predicted molar refractivity (Wildman–Crippen MR) is 93.4 cm³/mol. The van der Waals surface area contributed by atoms with E-state index < -0.39 is 12.9 Å². The Balaban J connectivity index is 2.79. The largest absolute Gasteiger partial charge is 0.350 e. The van der Waals surface area contributed by atoms with Crippen LogP contribution in [0.25, 0.3) is 0 Å². The fourth-order valence-corrected chi connectivity index (χ4v) is 5.42. The van der Waals surface area contributed by atoms with E-state index in [1.165, 1.54) is 0 Å². The molecule has 1 aliphatic rings. The molecule has 1 N–H and O–H groups in total. The molecule has 0 heterocycles. The fraction of sp³-hybridized carbons (Fsp3) is 1.00. The Morgan fingerprint density at radius 3 is 1.86 bits per heavy atom. The highest BCUT2D eigenvalue weighted by Gasteiger charge is 2.52. The molecule has 0 aromatic rings. The van der Waals surface area contributed by atoms with Crippen LogP contribution in [0, 0.1) is 0 Å². The van der Waals surface area contributed by atoms with Crippen LogP contribution in [0.15, 0.2) is 0 Å². The van der Waals surface area contributed by atoms with Crippen LogP contribution in [-0.4, -0.2) is 25.0 Å². The lowest BCUT2D eigenvalue weighted by Crippen LogP contribution is -2.44. The molecule has 1 aliphatic carbocycles. The summed E-state index contributed by atoms with van der Waals surface area (Å²) in [6.07, 6.45) is 10.2. The second kappa shape index (κ2) is 10.8. The van der Waals surface area contributed by atoms with Crippen LogP contribution in [-0.2, 0) is 13.6 Å². The van der Waals surface area contributed by atoms with Gasteiger partial charge in [0, 0.05) is 0 Å². The van der Waals surface area contributed by atoms with Crippen molar-refractivity contribution >= 4 is 7.60 Å². The third kappa shape index (κ3) is 5.63. The minimum Gasteiger partial charge on any atom is -0.307 e. The Kier molecular flexibility index (Phi) is 9.90. The Labute approximate surface area is 137 Å². The van der Waals surface area contributed by atoms with Gasteiger partial charge in [-0.05, 0) is 38.6 Å². The van der Waals surface area contributed by atoms with E-state index in [0.717, 1.165) is 70.8 Å². The number of unbranched alkanes of at least 4 members (excludes halogenated alkanes) is 3. The number of hydrogen-bond donors (Lipinski definition) is 1. The van der Waals surface area contributed by atoms with Gasteiger partial charge in [-0.25, -0.2) is 0 Å². The Bertz CT molecular complexity index is 316. The summed E-state index contributed by atoms with van der Waals surface area (Å²) in [5.41, 5.74) is 0. The topological polar surface area (TPSA) is 47.6 Å². The van der Waals surface area contributed by atoms with Gasteiger partial charge in [0.05, 0.1) is 13.2 Å². The second-order valence-corrected chi connectivity index (χ2v) is 8.76. The second-order valence-electron chi connectivity index (χ2n) is 6.39. The molecule has 4 nitrogen and oxygen atoms in total. The molecule has 0 spiro atoms. The first-order valence-corrected chi connectivity index (χ1v) is 10.8. The zero-order valence-electron chi connectivity index (χ0n) is 14.9. The molecule has 5 heteroatoms. The third-order valence-corrected chi connectivity index (χ3v) is 7.16. The molecule has 0 unspecified atom stereocenters. The summed E-state index contributed by atoms with van der Waals surface area (Å²) in [6, 6.07) is 0. The quantitative estimate of drug-likeness (QED) is 0.358. The summed E-state index contributed by atoms with van der Waals surface area (Å²) >= 11 is 0. The first kappa shape index (κ1) is 20.2. The standard InChI is InChI=1S/C17H36NO3P/c1-4-7-14-18-17(12-10-11-13-17)22(19,20-15-8-5-2)21-16-9-6-3/h18H,4-16H2,1-3H3. The molecule has 0 aromatic carbocycles. The van der Waals surface area contributed by atoms with Crippen molar-refractivity contribution in [1.82, 2.24) is 5.32 Å². The van der Waals surface area contributed by atoms with Crippen molar-refractivity contribution < 1.29 is 13.6 Å². The summed E-state index contributed by atoms with van der Waals surface area (Å²) in [5, 5.41) is 3.14.